The van der Waals surface area contributed by atoms with Crippen molar-refractivity contribution >= 4 is 60.8 Å². The molecule has 0 radical (unpaired) electrons. The van der Waals surface area contributed by atoms with Gasteiger partial charge in [0.15, 0.2) is 0 Å². The fourth-order valence-corrected chi connectivity index (χ4v) is 12.0. The van der Waals surface area contributed by atoms with Crippen LogP contribution in [0.1, 0.15) is 47.2 Å². The lowest BCUT2D eigenvalue weighted by atomic mass is 9.67. The van der Waals surface area contributed by atoms with Crippen LogP contribution in [0.4, 0.5) is 17.1 Å². The Hall–Kier alpha value is -8.40. The van der Waals surface area contributed by atoms with Gasteiger partial charge in [0.2, 0.25) is 0 Å². The van der Waals surface area contributed by atoms with Crippen molar-refractivity contribution in [1.29, 1.82) is 0 Å². The minimum absolute atomic E-state index is 0.133. The first kappa shape index (κ1) is 37.9. The van der Waals surface area contributed by atoms with Gasteiger partial charge in [0.05, 0.1) is 22.1 Å². The predicted molar refractivity (Wildman–Crippen MR) is 278 cm³/mol. The van der Waals surface area contributed by atoms with Crippen molar-refractivity contribution in [1.82, 2.24) is 4.57 Å². The number of nitrogens with zero attached hydrogens (tertiary/aromatic N) is 2. The minimum Gasteiger partial charge on any atom is -0.456 e. The monoisotopic (exact) mass is 856 g/mol. The van der Waals surface area contributed by atoms with E-state index in [0.717, 1.165) is 39.0 Å². The number of para-hydroxylation sites is 2. The predicted octanol–water partition coefficient (Wildman–Crippen LogP) is 16.8. The largest absolute Gasteiger partial charge is 0.456 e. The second-order valence-electron chi connectivity index (χ2n) is 18.8. The summed E-state index contributed by atoms with van der Waals surface area (Å²) < 4.78 is 9.56. The van der Waals surface area contributed by atoms with Gasteiger partial charge in [-0.05, 0) is 116 Å². The van der Waals surface area contributed by atoms with Crippen LogP contribution in [0.2, 0.25) is 0 Å². The van der Waals surface area contributed by atoms with Crippen LogP contribution in [0.25, 0.3) is 71.7 Å². The number of anilines is 3. The van der Waals surface area contributed by atoms with Crippen molar-refractivity contribution in [2.24, 2.45) is 0 Å². The van der Waals surface area contributed by atoms with Gasteiger partial charge in [0.25, 0.3) is 0 Å². The molecule has 0 saturated heterocycles. The van der Waals surface area contributed by atoms with E-state index >= 15 is 0 Å². The lowest BCUT2D eigenvalue weighted by Gasteiger charge is -2.34. The summed E-state index contributed by atoms with van der Waals surface area (Å²) in [5.74, 6) is 0. The zero-order valence-corrected chi connectivity index (χ0v) is 37.2. The van der Waals surface area contributed by atoms with Gasteiger partial charge < -0.3 is 13.9 Å². The zero-order valence-electron chi connectivity index (χ0n) is 37.2. The topological polar surface area (TPSA) is 21.3 Å². The molecule has 67 heavy (non-hydrogen) atoms. The Morgan fingerprint density at radius 1 is 0.388 bits per heavy atom. The number of hydrogen-bond acceptors (Lipinski definition) is 2. The summed E-state index contributed by atoms with van der Waals surface area (Å²) in [6.07, 6.45) is 0. The Morgan fingerprint density at radius 3 is 1.75 bits per heavy atom. The summed E-state index contributed by atoms with van der Waals surface area (Å²) in [6, 6.07) is 84.7. The average molecular weight is 857 g/mol. The van der Waals surface area contributed by atoms with Gasteiger partial charge in [0, 0.05) is 50.1 Å². The van der Waals surface area contributed by atoms with Crippen LogP contribution in [0.15, 0.2) is 235 Å². The van der Waals surface area contributed by atoms with E-state index in [4.69, 9.17) is 4.42 Å². The van der Waals surface area contributed by atoms with E-state index in [1.165, 1.54) is 83.1 Å². The highest BCUT2D eigenvalue weighted by molar-refractivity contribution is 6.13. The van der Waals surface area contributed by atoms with E-state index in [1.54, 1.807) is 0 Å². The maximum absolute atomic E-state index is 7.07. The van der Waals surface area contributed by atoms with Crippen LogP contribution in [0.5, 0.6) is 0 Å². The Kier molecular flexibility index (Phi) is 7.95. The number of furan rings is 1. The first-order chi connectivity index (χ1) is 33.0. The van der Waals surface area contributed by atoms with Gasteiger partial charge in [-0.3, -0.25) is 0 Å². The van der Waals surface area contributed by atoms with Crippen molar-refractivity contribution in [2.45, 2.75) is 24.7 Å². The molecule has 0 atom stereocenters. The third-order valence-electron chi connectivity index (χ3n) is 15.0. The van der Waals surface area contributed by atoms with E-state index in [-0.39, 0.29) is 5.41 Å². The van der Waals surface area contributed by atoms with E-state index in [9.17, 15) is 0 Å². The molecule has 316 valence electrons. The molecule has 12 aromatic rings. The molecule has 2 aliphatic rings. The lowest BCUT2D eigenvalue weighted by molar-refractivity contribution is 0.630. The number of aromatic nitrogens is 1. The highest BCUT2D eigenvalue weighted by Crippen LogP contribution is 2.57. The number of rotatable bonds is 6. The molecule has 0 fully saturated rings. The average Bonchev–Trinajstić information content (AvgIpc) is 4.02. The molecule has 0 saturated carbocycles. The quantitative estimate of drug-likeness (QED) is 0.166. The molecule has 1 aliphatic carbocycles. The minimum atomic E-state index is -0.505. The molecule has 0 N–H and O–H groups in total. The third kappa shape index (κ3) is 5.28. The van der Waals surface area contributed by atoms with Crippen molar-refractivity contribution < 1.29 is 4.42 Å². The highest BCUT2D eigenvalue weighted by Gasteiger charge is 2.46. The van der Waals surface area contributed by atoms with Crippen LogP contribution < -0.4 is 4.90 Å². The van der Waals surface area contributed by atoms with Crippen molar-refractivity contribution in [3.05, 3.63) is 264 Å². The summed E-state index contributed by atoms with van der Waals surface area (Å²) >= 11 is 0. The maximum Gasteiger partial charge on any atom is 0.137 e. The molecule has 2 aromatic heterocycles. The van der Waals surface area contributed by atoms with E-state index < -0.39 is 5.41 Å². The number of fused-ring (bicyclic) bond motifs is 11. The number of benzene rings is 10. The Bertz CT molecular complexity index is 3890. The van der Waals surface area contributed by atoms with Crippen LogP contribution in [-0.2, 0) is 10.8 Å². The van der Waals surface area contributed by atoms with Gasteiger partial charge in [-0.15, -0.1) is 0 Å². The second kappa shape index (κ2) is 14.1. The molecule has 0 amide bonds. The van der Waals surface area contributed by atoms with Crippen LogP contribution >= 0.6 is 0 Å². The first-order valence-electron chi connectivity index (χ1n) is 23.3. The maximum atomic E-state index is 7.07. The molecule has 10 aromatic carbocycles. The third-order valence-corrected chi connectivity index (χ3v) is 15.0. The standard InChI is InChI=1S/C64H44N2O/c1-63(2)55-26-14-15-28-59(55)66-58-36-34-46(37-52(58)50-24-16-27-56(63)62(50)66)65(45-31-29-42(30-32-45)41-17-6-3-7-18-41)47-33-35-49-53-39-51-48-23-12-13-25-54(48)64(43-19-8-4-9-20-43,44-21-10-5-11-22-44)57(51)40-61(53)67-60(49)38-47/h3-40H,1-2H3. The molecular formula is C64H44N2O. The fourth-order valence-electron chi connectivity index (χ4n) is 12.0. The SMILES string of the molecule is CC1(C)c2ccccc2-n2c3ccc(N(c4ccc(-c5ccccc5)cc4)c4ccc5c(c4)oc4cc6c(cc45)-c4ccccc4C6(c4ccccc4)c4ccccc4)cc3c3cccc1c32. The zero-order chi connectivity index (χ0) is 44.4. The summed E-state index contributed by atoms with van der Waals surface area (Å²) in [4.78, 5) is 2.39. The van der Waals surface area contributed by atoms with Gasteiger partial charge in [0.1, 0.15) is 11.2 Å². The molecule has 3 nitrogen and oxygen atoms in total. The van der Waals surface area contributed by atoms with Crippen molar-refractivity contribution in [2.75, 3.05) is 4.90 Å². The van der Waals surface area contributed by atoms with Gasteiger partial charge in [-0.2, -0.15) is 0 Å². The van der Waals surface area contributed by atoms with E-state index in [1.807, 2.05) is 0 Å². The summed E-state index contributed by atoms with van der Waals surface area (Å²) in [6.45, 7) is 4.72. The lowest BCUT2D eigenvalue weighted by Crippen LogP contribution is -2.28. The molecule has 1 aliphatic heterocycles. The van der Waals surface area contributed by atoms with Crippen molar-refractivity contribution in [3.63, 3.8) is 0 Å². The molecular weight excluding hydrogens is 813 g/mol. The van der Waals surface area contributed by atoms with Crippen LogP contribution in [0, 0.1) is 0 Å². The van der Waals surface area contributed by atoms with E-state index in [0.29, 0.717) is 0 Å². The van der Waals surface area contributed by atoms with Crippen molar-refractivity contribution in [3.8, 4) is 27.9 Å². The fraction of sp³-hybridized carbons (Fsp3) is 0.0625. The normalized spacial score (nSPS) is 14.1. The van der Waals surface area contributed by atoms with E-state index in [2.05, 4.69) is 254 Å². The van der Waals surface area contributed by atoms with Gasteiger partial charge in [-0.25, -0.2) is 0 Å². The molecule has 0 bridgehead atoms. The van der Waals surface area contributed by atoms with Crippen LogP contribution in [0.3, 0.4) is 0 Å². The molecule has 0 unspecified atom stereocenters. The summed E-state index contributed by atoms with van der Waals surface area (Å²) in [7, 11) is 0. The summed E-state index contributed by atoms with van der Waals surface area (Å²) in [5.41, 5.74) is 20.6. The molecule has 3 heteroatoms. The van der Waals surface area contributed by atoms with Gasteiger partial charge in [-0.1, -0.05) is 178 Å². The Balaban J connectivity index is 0.974. The smallest absolute Gasteiger partial charge is 0.137 e. The summed E-state index contributed by atoms with van der Waals surface area (Å²) in [5, 5.41) is 4.71. The first-order valence-corrected chi connectivity index (χ1v) is 23.3. The Labute approximate surface area is 389 Å². The molecule has 14 rings (SSSR count). The Morgan fingerprint density at radius 2 is 0.985 bits per heavy atom. The number of hydrogen-bond donors (Lipinski definition) is 0. The molecule has 3 heterocycles. The molecule has 0 spiro atoms. The van der Waals surface area contributed by atoms with Crippen LogP contribution in [-0.4, -0.2) is 4.57 Å². The van der Waals surface area contributed by atoms with Gasteiger partial charge >= 0.3 is 0 Å². The second-order valence-corrected chi connectivity index (χ2v) is 18.8. The highest BCUT2D eigenvalue weighted by atomic mass is 16.3.